The number of guanidine groups is 1. The second-order valence-corrected chi connectivity index (χ2v) is 34.6. The number of unbranched alkanes of at least 4 members (excludes halogenated alkanes) is 2. The molecule has 2 aromatic carbocycles. The number of hydrogen-bond donors (Lipinski definition) is 24. The Morgan fingerprint density at radius 1 is 0.411 bits per heavy atom. The second kappa shape index (κ2) is 56.6. The zero-order chi connectivity index (χ0) is 97.2. The summed E-state index contributed by atoms with van der Waals surface area (Å²) in [4.78, 5) is 243. The Labute approximate surface area is 752 Å². The van der Waals surface area contributed by atoms with Crippen LogP contribution in [0, 0.1) is 35.5 Å². The van der Waals surface area contributed by atoms with Crippen LogP contribution in [0.3, 0.4) is 0 Å². The average molecular weight is 1820 g/mol. The van der Waals surface area contributed by atoms with Gasteiger partial charge < -0.3 is 134 Å². The third-order valence-electron chi connectivity index (χ3n) is 21.3. The molecule has 15 amide bonds. The fourth-order valence-corrected chi connectivity index (χ4v) is 14.0. The highest BCUT2D eigenvalue weighted by Gasteiger charge is 2.43. The molecule has 29 N–H and O–H groups in total. The number of phenolic OH excluding ortho intramolecular Hbond substituents is 1. The highest BCUT2D eigenvalue weighted by atomic mass is 16.4. The number of nitrogens with zero attached hydrogens (tertiary/aromatic N) is 2. The number of aliphatic imine (C=N–C) groups is 1. The lowest BCUT2D eigenvalue weighted by atomic mass is 9.98. The number of nitrogens with two attached hydrogens (primary N) is 5. The van der Waals surface area contributed by atoms with Crippen molar-refractivity contribution in [3.63, 3.8) is 0 Å². The minimum Gasteiger partial charge on any atom is -0.508 e. The summed E-state index contributed by atoms with van der Waals surface area (Å²) in [6.45, 7) is 19.4. The minimum absolute atomic E-state index is 0.0198. The zero-order valence-electron chi connectivity index (χ0n) is 76.2. The molecule has 0 bridgehead atoms. The lowest BCUT2D eigenvalue weighted by molar-refractivity contribution is -0.146. The predicted molar refractivity (Wildman–Crippen MR) is 475 cm³/mol. The molecule has 0 radical (unpaired) electrons. The number of carbonyl (C=O) groups excluding carboxylic acids is 15. The molecule has 43 heteroatoms. The van der Waals surface area contributed by atoms with Gasteiger partial charge in [-0.2, -0.15) is 0 Å². The number of phenols is 1. The van der Waals surface area contributed by atoms with Crippen LogP contribution >= 0.6 is 0 Å². The standard InChI is InChI=1S/C86H141N21O22/c1-44(2)37-54(89)71(114)103-66(46(5)6)81(124)93-50(13)70(113)94-55(25-17-19-33-87)72(115)97-58(38-45(3)4)74(117)98-59(39-51-23-15-14-16-24-51)75(118)95-56(26-18-20-34-88)73(116)100-61(41-65(111)112)77(120)99-60(40-52-29-31-53(110)32-30-52)76(119)101-62(42-108)78(121)102-63(43-109)79(122)104-68(48(9)10)83(126)105-67(47(7)8)82(125)96-57(27-21-35-92-86(90)91)84(127)107-36-22-28-64(107)80(123)106-69(49(11)12)85(128)129/h14-16,23-24,29-32,44-50,54-64,66-69,108-110H,17-22,25-28,33-43,87-89H2,1-13H3,(H,93,124)(H,94,113)(H,95,118)(H,96,125)(H,97,115)(H,98,117)(H,99,120)(H,100,116)(H,101,119)(H,102,121)(H,103,114)(H,104,122)(H,105,126)(H,106,123)(H,111,112)(H,128,129)(H4,90,91,92)/t50-,54-,55-,56-,57-,58-,59-,60-,61-,62-,63-,64-,66-,67-,68-,69-/m0/s1. The molecule has 1 aliphatic rings. The van der Waals surface area contributed by atoms with Crippen molar-refractivity contribution in [1.82, 2.24) is 79.3 Å². The highest BCUT2D eigenvalue weighted by molar-refractivity contribution is 6.01. The molecule has 0 aliphatic carbocycles. The minimum atomic E-state index is -2.07. The molecule has 722 valence electrons. The Balaban J connectivity index is 1.95. The van der Waals surface area contributed by atoms with Crippen molar-refractivity contribution in [2.75, 3.05) is 39.4 Å². The number of carboxylic acid groups (broad SMARTS) is 2. The Bertz CT molecular complexity index is 4080. The molecule has 1 saturated heterocycles. The Morgan fingerprint density at radius 3 is 1.25 bits per heavy atom. The van der Waals surface area contributed by atoms with E-state index in [0.717, 1.165) is 0 Å². The molecular formula is C86H141N21O22. The van der Waals surface area contributed by atoms with Gasteiger partial charge in [0.2, 0.25) is 88.6 Å². The van der Waals surface area contributed by atoms with Gasteiger partial charge in [0.1, 0.15) is 96.4 Å². The van der Waals surface area contributed by atoms with Crippen LogP contribution in [0.2, 0.25) is 0 Å². The molecule has 3 rings (SSSR count). The van der Waals surface area contributed by atoms with Crippen LogP contribution in [0.1, 0.15) is 185 Å². The van der Waals surface area contributed by atoms with E-state index in [0.29, 0.717) is 31.2 Å². The number of aliphatic hydroxyl groups excluding tert-OH is 2. The monoisotopic (exact) mass is 1820 g/mol. The molecule has 0 aromatic heterocycles. The van der Waals surface area contributed by atoms with Gasteiger partial charge in [-0.1, -0.05) is 126 Å². The van der Waals surface area contributed by atoms with Crippen molar-refractivity contribution in [3.05, 3.63) is 65.7 Å². The van der Waals surface area contributed by atoms with Crippen LogP contribution < -0.4 is 103 Å². The van der Waals surface area contributed by atoms with Crippen LogP contribution in [0.25, 0.3) is 0 Å². The highest BCUT2D eigenvalue weighted by Crippen LogP contribution is 2.23. The molecule has 0 spiro atoms. The third-order valence-corrected chi connectivity index (χ3v) is 21.3. The van der Waals surface area contributed by atoms with E-state index in [1.807, 2.05) is 13.8 Å². The van der Waals surface area contributed by atoms with Gasteiger partial charge in [0.05, 0.1) is 25.7 Å². The van der Waals surface area contributed by atoms with Gasteiger partial charge in [0.15, 0.2) is 5.96 Å². The van der Waals surface area contributed by atoms with Gasteiger partial charge in [0.25, 0.3) is 0 Å². The van der Waals surface area contributed by atoms with E-state index in [2.05, 4.69) is 79.4 Å². The van der Waals surface area contributed by atoms with Gasteiger partial charge in [-0.25, -0.2) is 4.79 Å². The largest absolute Gasteiger partial charge is 0.508 e. The van der Waals surface area contributed by atoms with E-state index >= 15 is 0 Å². The van der Waals surface area contributed by atoms with Gasteiger partial charge in [-0.15, -0.1) is 0 Å². The average Bonchev–Trinajstić information content (AvgIpc) is 1.63. The van der Waals surface area contributed by atoms with E-state index in [9.17, 15) is 107 Å². The lowest BCUT2D eigenvalue weighted by Crippen LogP contribution is -2.62. The Hall–Kier alpha value is -11.7. The lowest BCUT2D eigenvalue weighted by Gasteiger charge is -2.32. The van der Waals surface area contributed by atoms with Gasteiger partial charge in [-0.3, -0.25) is 81.7 Å². The first kappa shape index (κ1) is 111. The van der Waals surface area contributed by atoms with Gasteiger partial charge in [0, 0.05) is 25.9 Å². The summed E-state index contributed by atoms with van der Waals surface area (Å²) >= 11 is 0. The van der Waals surface area contributed by atoms with Crippen molar-refractivity contribution in [3.8, 4) is 5.75 Å². The number of carbonyl (C=O) groups is 17. The van der Waals surface area contributed by atoms with E-state index in [1.165, 1.54) is 49.9 Å². The van der Waals surface area contributed by atoms with Crippen molar-refractivity contribution < 1.29 is 107 Å². The summed E-state index contributed by atoms with van der Waals surface area (Å²) in [6.07, 6.45) is -0.000197. The molecule has 0 unspecified atom stereocenters. The number of aliphatic carboxylic acids is 2. The number of hydrogen-bond acceptors (Lipinski definition) is 24. The normalized spacial score (nSPS) is 16.1. The van der Waals surface area contributed by atoms with Crippen molar-refractivity contribution in [2.45, 2.75) is 283 Å². The summed E-state index contributed by atoms with van der Waals surface area (Å²) in [5.74, 6) is -20.3. The number of aliphatic hydroxyl groups is 2. The third kappa shape index (κ3) is 39.0. The summed E-state index contributed by atoms with van der Waals surface area (Å²) in [6, 6.07) is -10.2. The number of amides is 15. The van der Waals surface area contributed by atoms with E-state index in [1.54, 1.807) is 85.7 Å². The first-order chi connectivity index (χ1) is 60.7. The molecule has 16 atom stereocenters. The quantitative estimate of drug-likeness (QED) is 0.0170. The second-order valence-electron chi connectivity index (χ2n) is 34.6. The number of carboxylic acids is 2. The first-order valence-corrected chi connectivity index (χ1v) is 43.9. The summed E-state index contributed by atoms with van der Waals surface area (Å²) in [7, 11) is 0. The maximum absolute atomic E-state index is 14.9. The fourth-order valence-electron chi connectivity index (χ4n) is 14.0. The molecular weight excluding hydrogens is 1680 g/mol. The van der Waals surface area contributed by atoms with Crippen molar-refractivity contribution in [1.29, 1.82) is 0 Å². The smallest absolute Gasteiger partial charge is 0.326 e. The maximum Gasteiger partial charge on any atom is 0.326 e. The van der Waals surface area contributed by atoms with E-state index in [4.69, 9.17) is 28.7 Å². The van der Waals surface area contributed by atoms with Crippen LogP contribution in [-0.4, -0.2) is 273 Å². The molecule has 129 heavy (non-hydrogen) atoms. The fraction of sp³-hybridized carbons (Fsp3) is 0.651. The van der Waals surface area contributed by atoms with E-state index in [-0.39, 0.29) is 113 Å². The number of aromatic hydroxyl groups is 1. The van der Waals surface area contributed by atoms with E-state index < -0.39 is 247 Å². The van der Waals surface area contributed by atoms with Crippen LogP contribution in [-0.2, 0) is 94.3 Å². The Kier molecular flexibility index (Phi) is 48.9. The molecule has 2 aromatic rings. The topological polar surface area (TPSA) is 705 Å². The van der Waals surface area contributed by atoms with Crippen LogP contribution in [0.5, 0.6) is 5.75 Å². The van der Waals surface area contributed by atoms with Crippen molar-refractivity contribution in [2.24, 2.45) is 69.2 Å². The predicted octanol–water partition coefficient (Wildman–Crippen LogP) is -4.13. The van der Waals surface area contributed by atoms with Gasteiger partial charge >= 0.3 is 11.9 Å². The van der Waals surface area contributed by atoms with Crippen LogP contribution in [0.4, 0.5) is 0 Å². The summed E-state index contributed by atoms with van der Waals surface area (Å²) in [5, 5.41) is 86.9. The zero-order valence-corrected chi connectivity index (χ0v) is 76.2. The Morgan fingerprint density at radius 2 is 0.791 bits per heavy atom. The van der Waals surface area contributed by atoms with Gasteiger partial charge in [-0.05, 0) is 156 Å². The summed E-state index contributed by atoms with van der Waals surface area (Å²) < 4.78 is 0. The molecule has 1 heterocycles. The number of benzene rings is 2. The van der Waals surface area contributed by atoms with Crippen molar-refractivity contribution >= 4 is 107 Å². The SMILES string of the molecule is CC(C)C[C@H](NC(=O)[C@H](CCCCN)NC(=O)[C@H](C)NC(=O)[C@@H](NC(=O)[C@@H](N)CC(C)C)C(C)C)C(=O)N[C@@H](Cc1ccccc1)C(=O)N[C@@H](CCCCN)C(=O)N[C@@H](CC(=O)O)C(=O)N[C@@H](Cc1ccc(O)cc1)C(=O)N[C@@H](CO)C(=O)N[C@@H](CO)C(=O)N[C@H](C(=O)N[C@H](C(=O)N[C@@H](CCCN=C(N)N)C(=O)N1CCC[C@H]1C(=O)N[C@H](C(=O)O)C(C)C)C(C)C)C(C)C. The summed E-state index contributed by atoms with van der Waals surface area (Å²) in [5.41, 5.74) is 29.6. The number of rotatable bonds is 58. The van der Waals surface area contributed by atoms with Crippen LogP contribution in [0.15, 0.2) is 59.6 Å². The number of likely N-dealkylation sites (tertiary alicyclic amines) is 1. The molecule has 1 fully saturated rings. The number of nitrogens with one attached hydrogen (secondary N) is 14. The molecule has 1 aliphatic heterocycles. The first-order valence-electron chi connectivity index (χ1n) is 43.9. The maximum atomic E-state index is 14.9. The molecule has 43 nitrogen and oxygen atoms in total. The molecule has 0 saturated carbocycles.